The first-order valence-corrected chi connectivity index (χ1v) is 11.0. The molecule has 0 unspecified atom stereocenters. The van der Waals surface area contributed by atoms with Crippen molar-refractivity contribution < 1.29 is 19.2 Å². The number of anilines is 1. The average Bonchev–Trinajstić information content (AvgIpc) is 2.81. The number of halogens is 3. The molecule has 34 heavy (non-hydrogen) atoms. The summed E-state index contributed by atoms with van der Waals surface area (Å²) in [6, 6.07) is 14.9. The number of nitrogens with one attached hydrogen (secondary N) is 2. The van der Waals surface area contributed by atoms with Crippen LogP contribution in [0.15, 0.2) is 70.2 Å². The van der Waals surface area contributed by atoms with E-state index in [2.05, 4.69) is 31.8 Å². The first kappa shape index (κ1) is 25.2. The SMILES string of the molecule is O=C(COc1ccc(/C=N/NC(=O)c2ccc([N+](=O)[O-])cc2)cc1Br)Nc1ccc(Cl)c(Cl)c1. The van der Waals surface area contributed by atoms with Crippen LogP contribution in [0, 0.1) is 10.1 Å². The van der Waals surface area contributed by atoms with Gasteiger partial charge < -0.3 is 10.1 Å². The molecule has 0 aliphatic carbocycles. The summed E-state index contributed by atoms with van der Waals surface area (Å²) >= 11 is 15.1. The average molecular weight is 566 g/mol. The van der Waals surface area contributed by atoms with Gasteiger partial charge in [-0.25, -0.2) is 5.43 Å². The van der Waals surface area contributed by atoms with Crippen molar-refractivity contribution >= 4 is 68.5 Å². The molecule has 12 heteroatoms. The van der Waals surface area contributed by atoms with E-state index < -0.39 is 10.8 Å². The van der Waals surface area contributed by atoms with E-state index in [0.29, 0.717) is 31.5 Å². The number of hydrogen-bond donors (Lipinski definition) is 2. The highest BCUT2D eigenvalue weighted by molar-refractivity contribution is 9.10. The lowest BCUT2D eigenvalue weighted by Gasteiger charge is -2.10. The van der Waals surface area contributed by atoms with E-state index in [9.17, 15) is 19.7 Å². The van der Waals surface area contributed by atoms with Crippen LogP contribution >= 0.6 is 39.1 Å². The van der Waals surface area contributed by atoms with Crippen molar-refractivity contribution in [1.29, 1.82) is 0 Å². The molecule has 3 rings (SSSR count). The Morgan fingerprint density at radius 1 is 1.06 bits per heavy atom. The fourth-order valence-electron chi connectivity index (χ4n) is 2.59. The minimum atomic E-state index is -0.548. The molecule has 0 atom stereocenters. The number of hydrazone groups is 1. The Labute approximate surface area is 212 Å². The van der Waals surface area contributed by atoms with Crippen molar-refractivity contribution in [2.45, 2.75) is 0 Å². The number of nitro groups is 1. The molecule has 0 saturated heterocycles. The number of hydrogen-bond acceptors (Lipinski definition) is 6. The van der Waals surface area contributed by atoms with E-state index in [1.54, 1.807) is 30.3 Å². The Balaban J connectivity index is 1.52. The van der Waals surface area contributed by atoms with E-state index >= 15 is 0 Å². The number of nitro benzene ring substituents is 1. The van der Waals surface area contributed by atoms with Crippen molar-refractivity contribution in [2.75, 3.05) is 11.9 Å². The van der Waals surface area contributed by atoms with Gasteiger partial charge in [0.1, 0.15) is 5.75 Å². The van der Waals surface area contributed by atoms with Gasteiger partial charge in [-0.1, -0.05) is 23.2 Å². The van der Waals surface area contributed by atoms with Gasteiger partial charge in [0, 0.05) is 23.4 Å². The summed E-state index contributed by atoms with van der Waals surface area (Å²) in [6.45, 7) is -0.239. The van der Waals surface area contributed by atoms with E-state index in [1.807, 2.05) is 0 Å². The van der Waals surface area contributed by atoms with Gasteiger partial charge >= 0.3 is 0 Å². The second-order valence-electron chi connectivity index (χ2n) is 6.66. The number of benzene rings is 3. The third-order valence-electron chi connectivity index (χ3n) is 4.24. The van der Waals surface area contributed by atoms with Gasteiger partial charge in [-0.2, -0.15) is 5.10 Å². The highest BCUT2D eigenvalue weighted by Gasteiger charge is 2.10. The molecule has 0 spiro atoms. The van der Waals surface area contributed by atoms with Crippen LogP contribution in [0.25, 0.3) is 0 Å². The van der Waals surface area contributed by atoms with Crippen molar-refractivity contribution in [3.05, 3.63) is 96.4 Å². The molecule has 0 aliphatic rings. The zero-order chi connectivity index (χ0) is 24.7. The standard InChI is InChI=1S/C22H15BrCl2N4O5/c23-17-9-13(11-26-28-22(31)14-2-5-16(6-3-14)29(32)33)1-8-20(17)34-12-21(30)27-15-4-7-18(24)19(25)10-15/h1-11H,12H2,(H,27,30)(H,28,31)/b26-11+. The Bertz CT molecular complexity index is 1270. The van der Waals surface area contributed by atoms with Crippen molar-refractivity contribution in [3.8, 4) is 5.75 Å². The lowest BCUT2D eigenvalue weighted by molar-refractivity contribution is -0.384. The van der Waals surface area contributed by atoms with E-state index in [0.717, 1.165) is 0 Å². The maximum atomic E-state index is 12.1. The van der Waals surface area contributed by atoms with Crippen LogP contribution in [-0.4, -0.2) is 29.6 Å². The number of rotatable bonds is 8. The van der Waals surface area contributed by atoms with Gasteiger partial charge in [0.15, 0.2) is 6.61 Å². The molecule has 0 radical (unpaired) electrons. The molecule has 3 aromatic carbocycles. The van der Waals surface area contributed by atoms with Crippen molar-refractivity contribution in [2.24, 2.45) is 5.10 Å². The normalized spacial score (nSPS) is 10.7. The minimum Gasteiger partial charge on any atom is -0.483 e. The van der Waals surface area contributed by atoms with Crippen LogP contribution in [0.1, 0.15) is 15.9 Å². The smallest absolute Gasteiger partial charge is 0.271 e. The van der Waals surface area contributed by atoms with E-state index in [1.165, 1.54) is 36.5 Å². The molecule has 174 valence electrons. The van der Waals surface area contributed by atoms with Crippen molar-refractivity contribution in [3.63, 3.8) is 0 Å². The quantitative estimate of drug-likeness (QED) is 0.214. The second-order valence-corrected chi connectivity index (χ2v) is 8.33. The molecule has 2 amide bonds. The molecule has 3 aromatic rings. The van der Waals surface area contributed by atoms with Gasteiger partial charge in [-0.3, -0.25) is 19.7 Å². The number of carbonyl (C=O) groups excluding carboxylic acids is 2. The number of carbonyl (C=O) groups is 2. The van der Waals surface area contributed by atoms with Crippen molar-refractivity contribution in [1.82, 2.24) is 5.43 Å². The van der Waals surface area contributed by atoms with Crippen LogP contribution in [0.3, 0.4) is 0 Å². The molecule has 0 aliphatic heterocycles. The summed E-state index contributed by atoms with van der Waals surface area (Å²) in [7, 11) is 0. The Morgan fingerprint density at radius 3 is 2.44 bits per heavy atom. The Kier molecular flexibility index (Phi) is 8.58. The number of amides is 2. The molecule has 0 heterocycles. The third kappa shape index (κ3) is 7.01. The first-order chi connectivity index (χ1) is 16.2. The fraction of sp³-hybridized carbons (Fsp3) is 0.0455. The summed E-state index contributed by atoms with van der Waals surface area (Å²) < 4.78 is 6.10. The summed E-state index contributed by atoms with van der Waals surface area (Å²) in [5.74, 6) is -0.473. The van der Waals surface area contributed by atoms with Crippen LogP contribution < -0.4 is 15.5 Å². The summed E-state index contributed by atoms with van der Waals surface area (Å²) in [5.41, 5.74) is 3.59. The number of nitrogens with zero attached hydrogens (tertiary/aromatic N) is 2. The zero-order valence-corrected chi connectivity index (χ0v) is 20.2. The van der Waals surface area contributed by atoms with Crippen LogP contribution in [0.4, 0.5) is 11.4 Å². The van der Waals surface area contributed by atoms with E-state index in [4.69, 9.17) is 27.9 Å². The molecule has 9 nitrogen and oxygen atoms in total. The highest BCUT2D eigenvalue weighted by Crippen LogP contribution is 2.26. The number of non-ortho nitro benzene ring substituents is 1. The third-order valence-corrected chi connectivity index (χ3v) is 5.60. The predicted molar refractivity (Wildman–Crippen MR) is 133 cm³/mol. The van der Waals surface area contributed by atoms with Crippen LogP contribution in [-0.2, 0) is 4.79 Å². The Hall–Kier alpha value is -3.47. The highest BCUT2D eigenvalue weighted by atomic mass is 79.9. The first-order valence-electron chi connectivity index (χ1n) is 9.48. The molecule has 0 bridgehead atoms. The van der Waals surface area contributed by atoms with Gasteiger partial charge in [0.05, 0.1) is 25.7 Å². The van der Waals surface area contributed by atoms with Crippen LogP contribution in [0.2, 0.25) is 10.0 Å². The monoisotopic (exact) mass is 564 g/mol. The van der Waals surface area contributed by atoms with Crippen LogP contribution in [0.5, 0.6) is 5.75 Å². The zero-order valence-electron chi connectivity index (χ0n) is 17.1. The van der Waals surface area contributed by atoms with E-state index in [-0.39, 0.29) is 23.8 Å². The van der Waals surface area contributed by atoms with Gasteiger partial charge in [-0.15, -0.1) is 0 Å². The molecule has 0 fully saturated rings. The molecule has 0 aromatic heterocycles. The summed E-state index contributed by atoms with van der Waals surface area (Å²) in [4.78, 5) is 34.3. The molecular weight excluding hydrogens is 551 g/mol. The molecular formula is C22H15BrCl2N4O5. The van der Waals surface area contributed by atoms with Gasteiger partial charge in [0.25, 0.3) is 17.5 Å². The topological polar surface area (TPSA) is 123 Å². The largest absolute Gasteiger partial charge is 0.483 e. The van der Waals surface area contributed by atoms with Gasteiger partial charge in [0.2, 0.25) is 0 Å². The molecule has 0 saturated carbocycles. The van der Waals surface area contributed by atoms with Gasteiger partial charge in [-0.05, 0) is 70.0 Å². The maximum absolute atomic E-state index is 12.1. The lowest BCUT2D eigenvalue weighted by Crippen LogP contribution is -2.20. The maximum Gasteiger partial charge on any atom is 0.271 e. The fourth-order valence-corrected chi connectivity index (χ4v) is 3.40. The number of ether oxygens (including phenoxy) is 1. The summed E-state index contributed by atoms with van der Waals surface area (Å²) in [5, 5.41) is 17.9. The second kappa shape index (κ2) is 11.6. The lowest BCUT2D eigenvalue weighted by atomic mass is 10.2. The predicted octanol–water partition coefficient (Wildman–Crippen LogP) is 5.45. The minimum absolute atomic E-state index is 0.112. The Morgan fingerprint density at radius 2 is 1.79 bits per heavy atom. The molecule has 2 N–H and O–H groups in total. The summed E-state index contributed by atoms with van der Waals surface area (Å²) in [6.07, 6.45) is 1.41.